The maximum atomic E-state index is 12.8. The number of esters is 1. The van der Waals surface area contributed by atoms with Crippen LogP contribution in [0.15, 0.2) is 29.8 Å². The van der Waals surface area contributed by atoms with Crippen molar-refractivity contribution in [1.29, 1.82) is 0 Å². The number of anilines is 1. The number of ether oxygens (including phenoxy) is 2. The lowest BCUT2D eigenvalue weighted by atomic mass is 9.94. The van der Waals surface area contributed by atoms with E-state index in [2.05, 4.69) is 5.32 Å². The Kier molecular flexibility index (Phi) is 5.34. The lowest BCUT2D eigenvalue weighted by Crippen LogP contribution is -2.52. The minimum atomic E-state index is -1.80. The third-order valence-electron chi connectivity index (χ3n) is 3.41. The summed E-state index contributed by atoms with van der Waals surface area (Å²) in [5.74, 6) is -1.39. The van der Waals surface area contributed by atoms with Crippen LogP contribution >= 0.6 is 23.2 Å². The molecular formula is C16H17Cl2NO4. The highest BCUT2D eigenvalue weighted by Gasteiger charge is 2.54. The largest absolute Gasteiger partial charge is 0.463 e. The number of nitrogens with one attached hydrogen (secondary N) is 1. The molecule has 23 heavy (non-hydrogen) atoms. The van der Waals surface area contributed by atoms with E-state index in [0.29, 0.717) is 21.3 Å². The number of carbonyl (C=O) groups excluding carboxylic acids is 2. The average Bonchev–Trinajstić information content (AvgIpc) is 2.73. The fourth-order valence-electron chi connectivity index (χ4n) is 2.49. The van der Waals surface area contributed by atoms with Crippen LogP contribution in [0.1, 0.15) is 20.8 Å². The van der Waals surface area contributed by atoms with E-state index in [4.69, 9.17) is 32.7 Å². The van der Waals surface area contributed by atoms with Crippen molar-refractivity contribution in [1.82, 2.24) is 0 Å². The van der Waals surface area contributed by atoms with E-state index in [0.717, 1.165) is 0 Å². The molecule has 1 aromatic carbocycles. The number of carbonyl (C=O) groups is 2. The summed E-state index contributed by atoms with van der Waals surface area (Å²) in [7, 11) is 0. The molecule has 0 fully saturated rings. The number of halogens is 2. The number of hydrogen-bond acceptors (Lipinski definition) is 4. The monoisotopic (exact) mass is 357 g/mol. The fraction of sp³-hybridized carbons (Fsp3) is 0.375. The lowest BCUT2D eigenvalue weighted by molar-refractivity contribution is -0.171. The predicted octanol–water partition coefficient (Wildman–Crippen LogP) is 3.60. The van der Waals surface area contributed by atoms with E-state index in [1.54, 1.807) is 32.9 Å². The minimum Gasteiger partial charge on any atom is -0.463 e. The highest BCUT2D eigenvalue weighted by molar-refractivity contribution is 6.35. The zero-order valence-corrected chi connectivity index (χ0v) is 14.5. The Morgan fingerprint density at radius 1 is 1.30 bits per heavy atom. The molecule has 124 valence electrons. The van der Waals surface area contributed by atoms with Gasteiger partial charge in [0.25, 0.3) is 11.5 Å². The summed E-state index contributed by atoms with van der Waals surface area (Å²) in [5, 5.41) is 3.36. The average molecular weight is 358 g/mol. The van der Waals surface area contributed by atoms with Crippen LogP contribution in [-0.2, 0) is 19.1 Å². The molecule has 2 atom stereocenters. The first kappa shape index (κ1) is 17.8. The van der Waals surface area contributed by atoms with Crippen LogP contribution in [0.2, 0.25) is 10.0 Å². The summed E-state index contributed by atoms with van der Waals surface area (Å²) >= 11 is 11.8. The van der Waals surface area contributed by atoms with Gasteiger partial charge in [0, 0.05) is 15.7 Å². The maximum Gasteiger partial charge on any atom is 0.352 e. The van der Waals surface area contributed by atoms with Crippen molar-refractivity contribution in [3.05, 3.63) is 39.9 Å². The lowest BCUT2D eigenvalue weighted by Gasteiger charge is -2.27. The Morgan fingerprint density at radius 3 is 2.39 bits per heavy atom. The van der Waals surface area contributed by atoms with Crippen LogP contribution in [0.5, 0.6) is 0 Å². The van der Waals surface area contributed by atoms with Crippen molar-refractivity contribution in [2.45, 2.75) is 32.5 Å². The molecule has 0 saturated heterocycles. The molecule has 5 nitrogen and oxygen atoms in total. The second-order valence-electron chi connectivity index (χ2n) is 5.19. The predicted molar refractivity (Wildman–Crippen MR) is 88.8 cm³/mol. The Morgan fingerprint density at radius 2 is 1.91 bits per heavy atom. The molecular weight excluding hydrogens is 341 g/mol. The standard InChI is InChI=1S/C16H17Cl2NO4/c1-4-22-15(21)16(9(2)5-10(3)23-16)14(20)19-13-7-11(17)6-12(18)8-13/h5-8,10H,4H2,1-3H3,(H,19,20). The molecule has 1 N–H and O–H groups in total. The van der Waals surface area contributed by atoms with Crippen LogP contribution in [0.4, 0.5) is 5.69 Å². The van der Waals surface area contributed by atoms with Gasteiger partial charge in [-0.3, -0.25) is 4.79 Å². The topological polar surface area (TPSA) is 64.6 Å². The van der Waals surface area contributed by atoms with Gasteiger partial charge in [-0.1, -0.05) is 29.3 Å². The first-order valence-electron chi connectivity index (χ1n) is 7.11. The molecule has 0 aromatic heterocycles. The van der Waals surface area contributed by atoms with Crippen molar-refractivity contribution in [2.75, 3.05) is 11.9 Å². The van der Waals surface area contributed by atoms with Crippen LogP contribution in [0.3, 0.4) is 0 Å². The highest BCUT2D eigenvalue weighted by Crippen LogP contribution is 2.34. The summed E-state index contributed by atoms with van der Waals surface area (Å²) in [6.45, 7) is 5.21. The van der Waals surface area contributed by atoms with E-state index in [1.165, 1.54) is 12.1 Å². The quantitative estimate of drug-likeness (QED) is 0.508. The molecule has 0 saturated carbocycles. The van der Waals surface area contributed by atoms with Crippen molar-refractivity contribution in [3.63, 3.8) is 0 Å². The second kappa shape index (κ2) is 6.91. The number of amides is 1. The van der Waals surface area contributed by atoms with Crippen LogP contribution in [0.25, 0.3) is 0 Å². The van der Waals surface area contributed by atoms with Gasteiger partial charge in [-0.05, 0) is 44.5 Å². The van der Waals surface area contributed by atoms with E-state index in [1.807, 2.05) is 0 Å². The van der Waals surface area contributed by atoms with E-state index >= 15 is 0 Å². The second-order valence-corrected chi connectivity index (χ2v) is 6.06. The molecule has 1 aliphatic heterocycles. The molecule has 0 bridgehead atoms. The minimum absolute atomic E-state index is 0.141. The number of benzene rings is 1. The van der Waals surface area contributed by atoms with Crippen LogP contribution in [0, 0.1) is 0 Å². The fourth-order valence-corrected chi connectivity index (χ4v) is 3.01. The van der Waals surface area contributed by atoms with Gasteiger partial charge in [-0.2, -0.15) is 0 Å². The van der Waals surface area contributed by atoms with Crippen molar-refractivity contribution >= 4 is 40.8 Å². The zero-order chi connectivity index (χ0) is 17.2. The van der Waals surface area contributed by atoms with Gasteiger partial charge in [0.05, 0.1) is 12.7 Å². The van der Waals surface area contributed by atoms with Gasteiger partial charge in [0.1, 0.15) is 0 Å². The van der Waals surface area contributed by atoms with E-state index in [-0.39, 0.29) is 12.7 Å². The number of rotatable bonds is 4. The van der Waals surface area contributed by atoms with Crippen LogP contribution in [-0.4, -0.2) is 30.2 Å². The van der Waals surface area contributed by atoms with E-state index in [9.17, 15) is 9.59 Å². The first-order valence-corrected chi connectivity index (χ1v) is 7.86. The Hall–Kier alpha value is -1.56. The molecule has 2 unspecified atom stereocenters. The molecule has 1 heterocycles. The molecule has 1 amide bonds. The molecule has 1 aromatic rings. The highest BCUT2D eigenvalue weighted by atomic mass is 35.5. The van der Waals surface area contributed by atoms with Crippen molar-refractivity contribution in [2.24, 2.45) is 0 Å². The van der Waals surface area contributed by atoms with Gasteiger partial charge in [0.15, 0.2) is 0 Å². The van der Waals surface area contributed by atoms with Crippen LogP contribution < -0.4 is 5.32 Å². The first-order chi connectivity index (χ1) is 10.8. The Bertz CT molecular complexity index is 654. The molecule has 0 radical (unpaired) electrons. The van der Waals surface area contributed by atoms with E-state index < -0.39 is 17.5 Å². The summed E-state index contributed by atoms with van der Waals surface area (Å²) in [5.41, 5.74) is -0.953. The Balaban J connectivity index is 2.35. The Labute approximate surface area is 144 Å². The molecule has 7 heteroatoms. The third-order valence-corrected chi connectivity index (χ3v) is 3.84. The SMILES string of the molecule is CCOC(=O)C1(C(=O)Nc2cc(Cl)cc(Cl)c2)OC(C)C=C1C. The molecule has 2 rings (SSSR count). The normalized spacial score (nSPS) is 23.3. The zero-order valence-electron chi connectivity index (χ0n) is 13.0. The molecule has 1 aliphatic rings. The van der Waals surface area contributed by atoms with Crippen molar-refractivity contribution in [3.8, 4) is 0 Å². The maximum absolute atomic E-state index is 12.8. The summed E-state index contributed by atoms with van der Waals surface area (Å²) in [4.78, 5) is 25.2. The summed E-state index contributed by atoms with van der Waals surface area (Å²) in [6, 6.07) is 4.60. The van der Waals surface area contributed by atoms with Gasteiger partial charge in [0.2, 0.25) is 0 Å². The molecule has 0 spiro atoms. The number of hydrogen-bond donors (Lipinski definition) is 1. The molecule has 0 aliphatic carbocycles. The summed E-state index contributed by atoms with van der Waals surface area (Å²) in [6.07, 6.45) is 1.33. The van der Waals surface area contributed by atoms with Gasteiger partial charge >= 0.3 is 5.97 Å². The van der Waals surface area contributed by atoms with Gasteiger partial charge < -0.3 is 14.8 Å². The third kappa shape index (κ3) is 3.52. The summed E-state index contributed by atoms with van der Waals surface area (Å²) < 4.78 is 10.7. The van der Waals surface area contributed by atoms with Gasteiger partial charge in [-0.25, -0.2) is 4.79 Å². The smallest absolute Gasteiger partial charge is 0.352 e. The van der Waals surface area contributed by atoms with Crippen molar-refractivity contribution < 1.29 is 19.1 Å². The van der Waals surface area contributed by atoms with Gasteiger partial charge in [-0.15, -0.1) is 0 Å².